The Morgan fingerprint density at radius 1 is 1.57 bits per heavy atom. The maximum atomic E-state index is 6.08. The highest BCUT2D eigenvalue weighted by Crippen LogP contribution is 2.35. The van der Waals surface area contributed by atoms with Crippen molar-refractivity contribution in [2.24, 2.45) is 5.73 Å². The minimum absolute atomic E-state index is 0.112. The molecule has 0 saturated carbocycles. The molecule has 2 nitrogen and oxygen atoms in total. The largest absolute Gasteiger partial charge is 0.490 e. The Kier molecular flexibility index (Phi) is 2.79. The second-order valence-electron chi connectivity index (χ2n) is 3.67. The van der Waals surface area contributed by atoms with E-state index in [2.05, 4.69) is 22.9 Å². The molecule has 1 aromatic rings. The van der Waals surface area contributed by atoms with Crippen molar-refractivity contribution in [3.05, 3.63) is 28.2 Å². The van der Waals surface area contributed by atoms with Gasteiger partial charge >= 0.3 is 0 Å². The van der Waals surface area contributed by atoms with Crippen LogP contribution >= 0.6 is 15.9 Å². The van der Waals surface area contributed by atoms with Gasteiger partial charge in [0.2, 0.25) is 0 Å². The summed E-state index contributed by atoms with van der Waals surface area (Å²) in [4.78, 5) is 0. The number of benzene rings is 1. The molecule has 0 aromatic heterocycles. The van der Waals surface area contributed by atoms with Crippen LogP contribution in [0.1, 0.15) is 31.4 Å². The molecule has 0 spiro atoms. The molecule has 14 heavy (non-hydrogen) atoms. The number of fused-ring (bicyclic) bond motifs is 1. The molecule has 1 aliphatic rings. The Balaban J connectivity index is 2.35. The van der Waals surface area contributed by atoms with Crippen molar-refractivity contribution in [1.29, 1.82) is 0 Å². The minimum atomic E-state index is 0.112. The van der Waals surface area contributed by atoms with Gasteiger partial charge in [0.25, 0.3) is 0 Å². The lowest BCUT2D eigenvalue weighted by atomic mass is 9.96. The van der Waals surface area contributed by atoms with Gasteiger partial charge in [0.05, 0.1) is 0 Å². The van der Waals surface area contributed by atoms with E-state index in [4.69, 9.17) is 10.5 Å². The number of ether oxygens (including phenoxy) is 1. The second kappa shape index (κ2) is 3.91. The first-order chi connectivity index (χ1) is 6.70. The van der Waals surface area contributed by atoms with Gasteiger partial charge in [0.1, 0.15) is 11.9 Å². The minimum Gasteiger partial charge on any atom is -0.490 e. The molecule has 76 valence electrons. The Morgan fingerprint density at radius 2 is 2.36 bits per heavy atom. The molecular formula is C11H14BrNO. The molecule has 1 heterocycles. The molecule has 0 amide bonds. The van der Waals surface area contributed by atoms with Crippen LogP contribution in [0.5, 0.6) is 5.75 Å². The van der Waals surface area contributed by atoms with Gasteiger partial charge in [-0.05, 0) is 24.6 Å². The average molecular weight is 256 g/mol. The normalized spacial score (nSPS) is 25.4. The molecule has 1 aliphatic heterocycles. The molecule has 2 rings (SSSR count). The topological polar surface area (TPSA) is 35.2 Å². The van der Waals surface area contributed by atoms with Crippen molar-refractivity contribution in [1.82, 2.24) is 0 Å². The molecule has 1 unspecified atom stereocenters. The van der Waals surface area contributed by atoms with Crippen LogP contribution in [0, 0.1) is 0 Å². The van der Waals surface area contributed by atoms with Crippen molar-refractivity contribution >= 4 is 15.9 Å². The van der Waals surface area contributed by atoms with Crippen molar-refractivity contribution < 1.29 is 4.74 Å². The van der Waals surface area contributed by atoms with E-state index in [0.29, 0.717) is 0 Å². The van der Waals surface area contributed by atoms with Gasteiger partial charge in [-0.2, -0.15) is 0 Å². The molecule has 2 N–H and O–H groups in total. The molecular weight excluding hydrogens is 242 g/mol. The first kappa shape index (κ1) is 9.99. The molecule has 0 fully saturated rings. The van der Waals surface area contributed by atoms with Crippen LogP contribution in [-0.4, -0.2) is 6.10 Å². The van der Waals surface area contributed by atoms with Gasteiger partial charge in [-0.25, -0.2) is 0 Å². The SMILES string of the molecule is CCC1C[C@@H](N)c2cc(Br)ccc2O1. The van der Waals surface area contributed by atoms with Crippen molar-refractivity contribution in [2.45, 2.75) is 31.9 Å². The fraction of sp³-hybridized carbons (Fsp3) is 0.455. The summed E-state index contributed by atoms with van der Waals surface area (Å²) in [6, 6.07) is 6.14. The summed E-state index contributed by atoms with van der Waals surface area (Å²) in [5.74, 6) is 0.943. The zero-order valence-electron chi connectivity index (χ0n) is 8.16. The fourth-order valence-electron chi connectivity index (χ4n) is 1.80. The van der Waals surface area contributed by atoms with Crippen LogP contribution in [-0.2, 0) is 0 Å². The maximum absolute atomic E-state index is 6.08. The van der Waals surface area contributed by atoms with Gasteiger partial charge in [0.15, 0.2) is 0 Å². The van der Waals surface area contributed by atoms with Gasteiger partial charge in [-0.1, -0.05) is 22.9 Å². The average Bonchev–Trinajstić information content (AvgIpc) is 2.19. The highest BCUT2D eigenvalue weighted by molar-refractivity contribution is 9.10. The summed E-state index contributed by atoms with van der Waals surface area (Å²) in [5.41, 5.74) is 7.20. The third-order valence-corrected chi connectivity index (χ3v) is 3.13. The Bertz CT molecular complexity index is 340. The van der Waals surface area contributed by atoms with Gasteiger partial charge in [0, 0.05) is 22.5 Å². The summed E-state index contributed by atoms with van der Waals surface area (Å²) in [5, 5.41) is 0. The first-order valence-corrected chi connectivity index (χ1v) is 5.71. The number of rotatable bonds is 1. The molecule has 0 radical (unpaired) electrons. The van der Waals surface area contributed by atoms with Crippen molar-refractivity contribution in [2.75, 3.05) is 0 Å². The Morgan fingerprint density at radius 3 is 3.07 bits per heavy atom. The third kappa shape index (κ3) is 1.79. The number of hydrogen-bond acceptors (Lipinski definition) is 2. The van der Waals surface area contributed by atoms with Crippen molar-refractivity contribution in [3.8, 4) is 5.75 Å². The summed E-state index contributed by atoms with van der Waals surface area (Å²) in [6.45, 7) is 2.13. The lowest BCUT2D eigenvalue weighted by molar-refractivity contribution is 0.155. The number of nitrogens with two attached hydrogens (primary N) is 1. The summed E-state index contributed by atoms with van der Waals surface area (Å²) >= 11 is 3.44. The smallest absolute Gasteiger partial charge is 0.124 e. The summed E-state index contributed by atoms with van der Waals surface area (Å²) in [7, 11) is 0. The van der Waals surface area contributed by atoms with Crippen LogP contribution < -0.4 is 10.5 Å². The van der Waals surface area contributed by atoms with Crippen LogP contribution in [0.25, 0.3) is 0 Å². The zero-order valence-corrected chi connectivity index (χ0v) is 9.75. The van der Waals surface area contributed by atoms with Crippen LogP contribution in [0.3, 0.4) is 0 Å². The predicted octanol–water partition coefficient (Wildman–Crippen LogP) is 3.01. The molecule has 0 bridgehead atoms. The molecule has 0 saturated heterocycles. The quantitative estimate of drug-likeness (QED) is 0.838. The summed E-state index contributed by atoms with van der Waals surface area (Å²) in [6.07, 6.45) is 2.21. The lowest BCUT2D eigenvalue weighted by Crippen LogP contribution is -2.28. The Labute approximate surface area is 92.6 Å². The maximum Gasteiger partial charge on any atom is 0.124 e. The van der Waals surface area contributed by atoms with E-state index in [0.717, 1.165) is 28.6 Å². The standard InChI is InChI=1S/C11H14BrNO/c1-2-8-6-10(13)9-5-7(12)3-4-11(9)14-8/h3-5,8,10H,2,6,13H2,1H3/t8?,10-/m1/s1. The highest BCUT2D eigenvalue weighted by atomic mass is 79.9. The van der Waals surface area contributed by atoms with E-state index in [-0.39, 0.29) is 12.1 Å². The van der Waals surface area contributed by atoms with E-state index in [1.165, 1.54) is 0 Å². The monoisotopic (exact) mass is 255 g/mol. The molecule has 1 aromatic carbocycles. The molecule has 3 heteroatoms. The van der Waals surface area contributed by atoms with Crippen molar-refractivity contribution in [3.63, 3.8) is 0 Å². The second-order valence-corrected chi connectivity index (χ2v) is 4.59. The van der Waals surface area contributed by atoms with E-state index in [9.17, 15) is 0 Å². The van der Waals surface area contributed by atoms with E-state index < -0.39 is 0 Å². The van der Waals surface area contributed by atoms with Gasteiger partial charge in [-0.15, -0.1) is 0 Å². The molecule has 2 atom stereocenters. The zero-order chi connectivity index (χ0) is 10.1. The fourth-order valence-corrected chi connectivity index (χ4v) is 2.18. The van der Waals surface area contributed by atoms with E-state index >= 15 is 0 Å². The van der Waals surface area contributed by atoms with E-state index in [1.807, 2.05) is 18.2 Å². The van der Waals surface area contributed by atoms with Gasteiger partial charge < -0.3 is 10.5 Å². The molecule has 0 aliphatic carbocycles. The van der Waals surface area contributed by atoms with Crippen LogP contribution in [0.15, 0.2) is 22.7 Å². The number of hydrogen-bond donors (Lipinski definition) is 1. The summed E-state index contributed by atoms with van der Waals surface area (Å²) < 4.78 is 6.87. The third-order valence-electron chi connectivity index (χ3n) is 2.64. The van der Waals surface area contributed by atoms with Gasteiger partial charge in [-0.3, -0.25) is 0 Å². The van der Waals surface area contributed by atoms with Crippen LogP contribution in [0.2, 0.25) is 0 Å². The highest BCUT2D eigenvalue weighted by Gasteiger charge is 2.24. The van der Waals surface area contributed by atoms with Crippen LogP contribution in [0.4, 0.5) is 0 Å². The number of halogens is 1. The Hall–Kier alpha value is -0.540. The first-order valence-electron chi connectivity index (χ1n) is 4.92. The lowest BCUT2D eigenvalue weighted by Gasteiger charge is -2.29. The van der Waals surface area contributed by atoms with E-state index in [1.54, 1.807) is 0 Å². The predicted molar refractivity (Wildman–Crippen MR) is 60.4 cm³/mol.